The standard InChI is InChI=1S/C13H17N3O3/c1-9(17)15-10-2-3-12(11(8-10)13(14)18)16-4-6-19-7-5-16/h2-3,8H,4-7H2,1H3,(H2,14,18)(H,15,17). The SMILES string of the molecule is CC(=O)Nc1ccc(N2CCOCC2)c(C(N)=O)c1. The average Bonchev–Trinajstić information content (AvgIpc) is 2.39. The molecule has 1 aromatic carbocycles. The smallest absolute Gasteiger partial charge is 0.250 e. The molecule has 2 rings (SSSR count). The fourth-order valence-electron chi connectivity index (χ4n) is 2.09. The normalized spacial score (nSPS) is 15.1. The Hall–Kier alpha value is -2.08. The number of carbonyl (C=O) groups excluding carboxylic acids is 2. The number of nitrogens with two attached hydrogens (primary N) is 1. The van der Waals surface area contributed by atoms with Gasteiger partial charge in [-0.3, -0.25) is 9.59 Å². The van der Waals surface area contributed by atoms with E-state index in [1.165, 1.54) is 6.92 Å². The lowest BCUT2D eigenvalue weighted by atomic mass is 10.1. The first-order valence-electron chi connectivity index (χ1n) is 6.12. The van der Waals surface area contributed by atoms with Crippen LogP contribution in [-0.2, 0) is 9.53 Å². The number of hydrogen-bond acceptors (Lipinski definition) is 4. The van der Waals surface area contributed by atoms with Crippen molar-refractivity contribution in [1.82, 2.24) is 0 Å². The summed E-state index contributed by atoms with van der Waals surface area (Å²) in [7, 11) is 0. The molecule has 6 nitrogen and oxygen atoms in total. The number of anilines is 2. The van der Waals surface area contributed by atoms with Gasteiger partial charge in [0.25, 0.3) is 5.91 Å². The summed E-state index contributed by atoms with van der Waals surface area (Å²) in [6.07, 6.45) is 0. The van der Waals surface area contributed by atoms with Gasteiger partial charge in [-0.1, -0.05) is 0 Å². The van der Waals surface area contributed by atoms with Gasteiger partial charge in [-0.15, -0.1) is 0 Å². The summed E-state index contributed by atoms with van der Waals surface area (Å²) in [5, 5.41) is 2.64. The Bertz CT molecular complexity index is 496. The van der Waals surface area contributed by atoms with Crippen LogP contribution in [-0.4, -0.2) is 38.1 Å². The molecule has 0 aromatic heterocycles. The minimum Gasteiger partial charge on any atom is -0.378 e. The van der Waals surface area contributed by atoms with Crippen molar-refractivity contribution in [3.8, 4) is 0 Å². The van der Waals surface area contributed by atoms with Crippen molar-refractivity contribution in [2.75, 3.05) is 36.5 Å². The van der Waals surface area contributed by atoms with Gasteiger partial charge in [-0.25, -0.2) is 0 Å². The Balaban J connectivity index is 2.31. The number of morpholine rings is 1. The Labute approximate surface area is 111 Å². The number of nitrogens with one attached hydrogen (secondary N) is 1. The van der Waals surface area contributed by atoms with E-state index in [0.29, 0.717) is 24.5 Å². The monoisotopic (exact) mass is 263 g/mol. The van der Waals surface area contributed by atoms with Crippen LogP contribution >= 0.6 is 0 Å². The van der Waals surface area contributed by atoms with Gasteiger partial charge >= 0.3 is 0 Å². The van der Waals surface area contributed by atoms with Crippen LogP contribution in [0, 0.1) is 0 Å². The van der Waals surface area contributed by atoms with Crippen molar-refractivity contribution in [2.45, 2.75) is 6.92 Å². The number of rotatable bonds is 3. The van der Waals surface area contributed by atoms with Gasteiger partial charge in [-0.2, -0.15) is 0 Å². The second-order valence-electron chi connectivity index (χ2n) is 4.38. The molecule has 6 heteroatoms. The Morgan fingerprint density at radius 3 is 2.58 bits per heavy atom. The van der Waals surface area contributed by atoms with Gasteiger partial charge < -0.3 is 20.7 Å². The first-order chi connectivity index (χ1) is 9.08. The van der Waals surface area contributed by atoms with Gasteiger partial charge in [0.05, 0.1) is 18.8 Å². The second-order valence-corrected chi connectivity index (χ2v) is 4.38. The van der Waals surface area contributed by atoms with E-state index in [-0.39, 0.29) is 5.91 Å². The summed E-state index contributed by atoms with van der Waals surface area (Å²) in [5.41, 5.74) is 7.17. The van der Waals surface area contributed by atoms with E-state index in [2.05, 4.69) is 10.2 Å². The molecule has 0 atom stereocenters. The van der Waals surface area contributed by atoms with Crippen LogP contribution < -0.4 is 16.0 Å². The lowest BCUT2D eigenvalue weighted by molar-refractivity contribution is -0.114. The maximum Gasteiger partial charge on any atom is 0.250 e. The summed E-state index contributed by atoms with van der Waals surface area (Å²) in [5.74, 6) is -0.691. The topological polar surface area (TPSA) is 84.7 Å². The van der Waals surface area contributed by atoms with Crippen molar-refractivity contribution in [1.29, 1.82) is 0 Å². The number of benzene rings is 1. The van der Waals surface area contributed by atoms with E-state index in [1.54, 1.807) is 18.2 Å². The molecule has 1 aliphatic heterocycles. The predicted molar refractivity (Wildman–Crippen MR) is 72.3 cm³/mol. The highest BCUT2D eigenvalue weighted by atomic mass is 16.5. The largest absolute Gasteiger partial charge is 0.378 e. The minimum absolute atomic E-state index is 0.186. The van der Waals surface area contributed by atoms with Gasteiger partial charge in [0.15, 0.2) is 0 Å². The molecule has 1 fully saturated rings. The zero-order valence-corrected chi connectivity index (χ0v) is 10.8. The van der Waals surface area contributed by atoms with Crippen LogP contribution in [0.5, 0.6) is 0 Å². The fourth-order valence-corrected chi connectivity index (χ4v) is 2.09. The van der Waals surface area contributed by atoms with Crippen LogP contribution in [0.4, 0.5) is 11.4 Å². The van der Waals surface area contributed by atoms with Crippen molar-refractivity contribution in [2.24, 2.45) is 5.73 Å². The van der Waals surface area contributed by atoms with Gasteiger partial charge in [-0.05, 0) is 18.2 Å². The lowest BCUT2D eigenvalue weighted by Gasteiger charge is -2.30. The van der Waals surface area contributed by atoms with Crippen LogP contribution in [0.25, 0.3) is 0 Å². The third kappa shape index (κ3) is 3.23. The van der Waals surface area contributed by atoms with Crippen LogP contribution in [0.2, 0.25) is 0 Å². The summed E-state index contributed by atoms with van der Waals surface area (Å²) >= 11 is 0. The molecule has 2 amide bonds. The van der Waals surface area contributed by atoms with Crippen molar-refractivity contribution in [3.63, 3.8) is 0 Å². The highest BCUT2D eigenvalue weighted by Crippen LogP contribution is 2.25. The van der Waals surface area contributed by atoms with E-state index in [4.69, 9.17) is 10.5 Å². The first-order valence-corrected chi connectivity index (χ1v) is 6.12. The molecule has 0 spiro atoms. The minimum atomic E-state index is -0.506. The molecule has 1 saturated heterocycles. The quantitative estimate of drug-likeness (QED) is 0.835. The zero-order chi connectivity index (χ0) is 13.8. The third-order valence-electron chi connectivity index (χ3n) is 2.93. The number of primary amides is 1. The maximum absolute atomic E-state index is 11.6. The van der Waals surface area contributed by atoms with Crippen molar-refractivity contribution < 1.29 is 14.3 Å². The number of hydrogen-bond donors (Lipinski definition) is 2. The molecule has 0 bridgehead atoms. The molecule has 1 heterocycles. The molecule has 1 aliphatic rings. The molecule has 3 N–H and O–H groups in total. The Morgan fingerprint density at radius 1 is 1.32 bits per heavy atom. The summed E-state index contributed by atoms with van der Waals surface area (Å²) in [6.45, 7) is 4.12. The van der Waals surface area contributed by atoms with Crippen LogP contribution in [0.1, 0.15) is 17.3 Å². The fraction of sp³-hybridized carbons (Fsp3) is 0.385. The molecule has 0 radical (unpaired) electrons. The highest BCUT2D eigenvalue weighted by Gasteiger charge is 2.18. The summed E-state index contributed by atoms with van der Waals surface area (Å²) in [4.78, 5) is 24.6. The molecule has 0 saturated carbocycles. The lowest BCUT2D eigenvalue weighted by Crippen LogP contribution is -2.37. The van der Waals surface area contributed by atoms with Crippen molar-refractivity contribution >= 4 is 23.2 Å². The van der Waals surface area contributed by atoms with E-state index in [0.717, 1.165) is 18.8 Å². The molecule has 102 valence electrons. The van der Waals surface area contributed by atoms with E-state index < -0.39 is 5.91 Å². The number of amides is 2. The Kier molecular flexibility index (Phi) is 4.01. The molecule has 1 aromatic rings. The van der Waals surface area contributed by atoms with Gasteiger partial charge in [0.2, 0.25) is 5.91 Å². The van der Waals surface area contributed by atoms with E-state index >= 15 is 0 Å². The Morgan fingerprint density at radius 2 is 2.00 bits per heavy atom. The second kappa shape index (κ2) is 5.71. The first kappa shape index (κ1) is 13.4. The molecule has 0 aliphatic carbocycles. The van der Waals surface area contributed by atoms with Gasteiger partial charge in [0, 0.05) is 31.4 Å². The summed E-state index contributed by atoms with van der Waals surface area (Å²) < 4.78 is 5.28. The number of ether oxygens (including phenoxy) is 1. The molecular formula is C13H17N3O3. The van der Waals surface area contributed by atoms with Crippen LogP contribution in [0.15, 0.2) is 18.2 Å². The highest BCUT2D eigenvalue weighted by molar-refractivity contribution is 6.01. The van der Waals surface area contributed by atoms with Crippen LogP contribution in [0.3, 0.4) is 0 Å². The molecule has 19 heavy (non-hydrogen) atoms. The van der Waals surface area contributed by atoms with E-state index in [1.807, 2.05) is 0 Å². The average molecular weight is 263 g/mol. The molecule has 0 unspecified atom stereocenters. The third-order valence-corrected chi connectivity index (χ3v) is 2.93. The number of nitrogens with zero attached hydrogens (tertiary/aromatic N) is 1. The van der Waals surface area contributed by atoms with Gasteiger partial charge in [0.1, 0.15) is 0 Å². The van der Waals surface area contributed by atoms with Crippen molar-refractivity contribution in [3.05, 3.63) is 23.8 Å². The van der Waals surface area contributed by atoms with E-state index in [9.17, 15) is 9.59 Å². The molecular weight excluding hydrogens is 246 g/mol. The predicted octanol–water partition coefficient (Wildman–Crippen LogP) is 0.580. The summed E-state index contributed by atoms with van der Waals surface area (Å²) in [6, 6.07) is 5.17. The number of carbonyl (C=O) groups is 2. The maximum atomic E-state index is 11.6. The zero-order valence-electron chi connectivity index (χ0n) is 10.8.